The molecule has 128 valence electrons. The summed E-state index contributed by atoms with van der Waals surface area (Å²) < 4.78 is 0. The summed E-state index contributed by atoms with van der Waals surface area (Å²) in [6.45, 7) is 0.439. The van der Waals surface area contributed by atoms with Crippen molar-refractivity contribution in [2.24, 2.45) is 0 Å². The average molecular weight is 351 g/mol. The van der Waals surface area contributed by atoms with Crippen molar-refractivity contribution in [2.75, 3.05) is 26.0 Å². The van der Waals surface area contributed by atoms with E-state index >= 15 is 0 Å². The Kier molecular flexibility index (Phi) is 6.14. The van der Waals surface area contributed by atoms with E-state index < -0.39 is 0 Å². The second-order valence-electron chi connectivity index (χ2n) is 5.28. The lowest BCUT2D eigenvalue weighted by atomic mass is 10.1. The Hall–Kier alpha value is -2.61. The van der Waals surface area contributed by atoms with Gasteiger partial charge in [0, 0.05) is 25.7 Å². The summed E-state index contributed by atoms with van der Waals surface area (Å²) in [6.07, 6.45) is 2.03. The molecule has 9 heteroatoms. The van der Waals surface area contributed by atoms with E-state index in [0.717, 1.165) is 5.56 Å². The third-order valence-corrected chi connectivity index (χ3v) is 3.51. The van der Waals surface area contributed by atoms with Gasteiger partial charge in [0.05, 0.1) is 6.20 Å². The third kappa shape index (κ3) is 5.24. The maximum Gasteiger partial charge on any atom is 0.322 e. The van der Waals surface area contributed by atoms with E-state index in [0.29, 0.717) is 18.0 Å². The molecule has 0 saturated heterocycles. The van der Waals surface area contributed by atoms with Gasteiger partial charge in [0.1, 0.15) is 6.54 Å². The van der Waals surface area contributed by atoms with Crippen LogP contribution in [0, 0.1) is 0 Å². The Labute approximate surface area is 144 Å². The van der Waals surface area contributed by atoms with Crippen LogP contribution in [-0.4, -0.2) is 52.5 Å². The lowest BCUT2D eigenvalue weighted by Gasteiger charge is -2.09. The molecular weight excluding hydrogens is 332 g/mol. The number of anilines is 1. The Morgan fingerprint density at radius 3 is 2.75 bits per heavy atom. The largest absolute Gasteiger partial charge is 0.354 e. The van der Waals surface area contributed by atoms with Crippen LogP contribution in [0.15, 0.2) is 30.5 Å². The molecule has 2 rings (SSSR count). The molecule has 8 nitrogen and oxygen atoms in total. The zero-order valence-electron chi connectivity index (χ0n) is 13.5. The predicted molar refractivity (Wildman–Crippen MR) is 90.9 cm³/mol. The van der Waals surface area contributed by atoms with E-state index in [-0.39, 0.29) is 24.3 Å². The molecule has 1 aromatic heterocycles. The first kappa shape index (κ1) is 17.7. The third-order valence-electron chi connectivity index (χ3n) is 3.14. The van der Waals surface area contributed by atoms with Gasteiger partial charge in [0.25, 0.3) is 0 Å². The summed E-state index contributed by atoms with van der Waals surface area (Å²) in [5, 5.41) is 14.0. The molecule has 1 heterocycles. The predicted octanol–water partition coefficient (Wildman–Crippen LogP) is 1.38. The van der Waals surface area contributed by atoms with Crippen molar-refractivity contribution in [3.63, 3.8) is 0 Å². The molecule has 0 saturated carbocycles. The van der Waals surface area contributed by atoms with Crippen LogP contribution in [0.25, 0.3) is 0 Å². The number of nitrogens with one attached hydrogen (secondary N) is 2. The number of rotatable bonds is 6. The lowest BCUT2D eigenvalue weighted by Crippen LogP contribution is -2.30. The number of benzene rings is 1. The number of aromatic nitrogens is 3. The molecule has 0 fully saturated rings. The first-order valence-corrected chi connectivity index (χ1v) is 7.72. The van der Waals surface area contributed by atoms with Gasteiger partial charge >= 0.3 is 6.03 Å². The van der Waals surface area contributed by atoms with Crippen molar-refractivity contribution >= 4 is 29.4 Å². The van der Waals surface area contributed by atoms with Crippen molar-refractivity contribution < 1.29 is 9.59 Å². The van der Waals surface area contributed by atoms with Crippen LogP contribution in [0.5, 0.6) is 0 Å². The molecule has 2 N–H and O–H groups in total. The maximum atomic E-state index is 11.9. The summed E-state index contributed by atoms with van der Waals surface area (Å²) >= 11 is 6.06. The molecule has 0 atom stereocenters. The standard InChI is InChI=1S/C15H19ClN6O2/c1-21(2)15(24)19-13-9-18-22(20-13)10-14(23)17-8-7-11-5-3-4-6-12(11)16/h3-6,9H,7-8,10H2,1-2H3,(H,17,23)(H,19,20,24). The second-order valence-corrected chi connectivity index (χ2v) is 5.68. The van der Waals surface area contributed by atoms with Gasteiger partial charge < -0.3 is 10.2 Å². The molecular formula is C15H19ClN6O2. The summed E-state index contributed by atoms with van der Waals surface area (Å²) in [5.41, 5.74) is 0.977. The number of nitrogens with zero attached hydrogens (tertiary/aromatic N) is 4. The Morgan fingerprint density at radius 1 is 1.29 bits per heavy atom. The number of carbonyl (C=O) groups excluding carboxylic acids is 2. The topological polar surface area (TPSA) is 92.2 Å². The van der Waals surface area contributed by atoms with Gasteiger partial charge in [-0.05, 0) is 18.1 Å². The Morgan fingerprint density at radius 2 is 2.04 bits per heavy atom. The minimum Gasteiger partial charge on any atom is -0.354 e. The van der Waals surface area contributed by atoms with Crippen LogP contribution in [0.3, 0.4) is 0 Å². The quantitative estimate of drug-likeness (QED) is 0.823. The van der Waals surface area contributed by atoms with Crippen molar-refractivity contribution in [3.05, 3.63) is 41.0 Å². The monoisotopic (exact) mass is 350 g/mol. The molecule has 3 amide bonds. The van der Waals surface area contributed by atoms with Gasteiger partial charge in [-0.25, -0.2) is 4.79 Å². The number of hydrogen-bond donors (Lipinski definition) is 2. The van der Waals surface area contributed by atoms with Crippen LogP contribution < -0.4 is 10.6 Å². The smallest absolute Gasteiger partial charge is 0.322 e. The summed E-state index contributed by atoms with van der Waals surface area (Å²) in [7, 11) is 3.23. The van der Waals surface area contributed by atoms with Crippen molar-refractivity contribution in [3.8, 4) is 0 Å². The van der Waals surface area contributed by atoms with Crippen molar-refractivity contribution in [2.45, 2.75) is 13.0 Å². The average Bonchev–Trinajstić information content (AvgIpc) is 2.96. The summed E-state index contributed by atoms with van der Waals surface area (Å²) in [4.78, 5) is 26.0. The fourth-order valence-corrected chi connectivity index (χ4v) is 2.10. The normalized spacial score (nSPS) is 10.3. The van der Waals surface area contributed by atoms with Crippen LogP contribution >= 0.6 is 11.6 Å². The first-order valence-electron chi connectivity index (χ1n) is 7.34. The van der Waals surface area contributed by atoms with E-state index in [1.165, 1.54) is 15.9 Å². The molecule has 2 aromatic rings. The van der Waals surface area contributed by atoms with Crippen LogP contribution in [0.1, 0.15) is 5.56 Å². The van der Waals surface area contributed by atoms with Crippen molar-refractivity contribution in [1.82, 2.24) is 25.2 Å². The van der Waals surface area contributed by atoms with Gasteiger partial charge in [-0.2, -0.15) is 9.90 Å². The highest BCUT2D eigenvalue weighted by atomic mass is 35.5. The fraction of sp³-hybridized carbons (Fsp3) is 0.333. The van der Waals surface area contributed by atoms with E-state index in [1.807, 2.05) is 24.3 Å². The van der Waals surface area contributed by atoms with Crippen LogP contribution in [-0.2, 0) is 17.8 Å². The molecule has 0 bridgehead atoms. The molecule has 1 aromatic carbocycles. The van der Waals surface area contributed by atoms with Gasteiger partial charge in [0.15, 0.2) is 5.82 Å². The van der Waals surface area contributed by atoms with E-state index in [4.69, 9.17) is 11.6 Å². The van der Waals surface area contributed by atoms with E-state index in [9.17, 15) is 9.59 Å². The lowest BCUT2D eigenvalue weighted by molar-refractivity contribution is -0.122. The molecule has 0 aliphatic rings. The van der Waals surface area contributed by atoms with E-state index in [2.05, 4.69) is 20.8 Å². The maximum absolute atomic E-state index is 11.9. The fourth-order valence-electron chi connectivity index (χ4n) is 1.87. The van der Waals surface area contributed by atoms with Crippen LogP contribution in [0.4, 0.5) is 10.6 Å². The molecule has 0 radical (unpaired) electrons. The minimum atomic E-state index is -0.314. The number of carbonyl (C=O) groups is 2. The second kappa shape index (κ2) is 8.30. The highest BCUT2D eigenvalue weighted by molar-refractivity contribution is 6.31. The summed E-state index contributed by atoms with van der Waals surface area (Å²) in [6, 6.07) is 7.19. The number of urea groups is 1. The molecule has 24 heavy (non-hydrogen) atoms. The van der Waals surface area contributed by atoms with E-state index in [1.54, 1.807) is 14.1 Å². The van der Waals surface area contributed by atoms with Gasteiger partial charge in [-0.3, -0.25) is 10.1 Å². The van der Waals surface area contributed by atoms with Gasteiger partial charge in [-0.15, -0.1) is 5.10 Å². The Balaban J connectivity index is 1.77. The number of hydrogen-bond acceptors (Lipinski definition) is 4. The SMILES string of the molecule is CN(C)C(=O)Nc1cnn(CC(=O)NCCc2ccccc2Cl)n1. The zero-order chi connectivity index (χ0) is 17.5. The number of amides is 3. The van der Waals surface area contributed by atoms with Gasteiger partial charge in [-0.1, -0.05) is 29.8 Å². The van der Waals surface area contributed by atoms with Gasteiger partial charge in [0.2, 0.25) is 5.91 Å². The molecule has 0 aliphatic heterocycles. The summed E-state index contributed by atoms with van der Waals surface area (Å²) in [5.74, 6) is 0.0701. The molecule has 0 spiro atoms. The first-order chi connectivity index (χ1) is 11.5. The van der Waals surface area contributed by atoms with Crippen molar-refractivity contribution in [1.29, 1.82) is 0 Å². The zero-order valence-corrected chi connectivity index (χ0v) is 14.2. The van der Waals surface area contributed by atoms with Crippen LogP contribution in [0.2, 0.25) is 5.02 Å². The Bertz CT molecular complexity index is 715. The highest BCUT2D eigenvalue weighted by Gasteiger charge is 2.09. The minimum absolute atomic E-state index is 0.0274. The number of halogens is 1. The molecule has 0 aliphatic carbocycles. The highest BCUT2D eigenvalue weighted by Crippen LogP contribution is 2.14. The molecule has 0 unspecified atom stereocenters.